The summed E-state index contributed by atoms with van der Waals surface area (Å²) < 4.78 is 19.7. The minimum atomic E-state index is -0.301. The van der Waals surface area contributed by atoms with E-state index >= 15 is 0 Å². The highest BCUT2D eigenvalue weighted by Gasteiger charge is 2.18. The Balaban J connectivity index is 1.64. The molecule has 1 amide bonds. The second kappa shape index (κ2) is 5.90. The van der Waals surface area contributed by atoms with E-state index in [4.69, 9.17) is 4.42 Å². The van der Waals surface area contributed by atoms with Crippen molar-refractivity contribution in [3.8, 4) is 0 Å². The number of furan rings is 1. The summed E-state index contributed by atoms with van der Waals surface area (Å²) in [4.78, 5) is 12.2. The molecule has 0 radical (unpaired) electrons. The third-order valence-corrected chi connectivity index (χ3v) is 3.89. The second-order valence-electron chi connectivity index (χ2n) is 5.63. The number of nitrogens with zero attached hydrogens (tertiary/aromatic N) is 3. The van der Waals surface area contributed by atoms with E-state index in [2.05, 4.69) is 20.6 Å². The Labute approximate surface area is 141 Å². The SMILES string of the molecule is Cc1nn(Cc2ccc(F)cc2)c2n[nH]c(NC(=O)c3ccoc3)c12. The summed E-state index contributed by atoms with van der Waals surface area (Å²) in [5.41, 5.74) is 2.66. The highest BCUT2D eigenvalue weighted by atomic mass is 19.1. The van der Waals surface area contributed by atoms with Gasteiger partial charge in [0.25, 0.3) is 5.91 Å². The van der Waals surface area contributed by atoms with Gasteiger partial charge in [-0.15, -0.1) is 0 Å². The van der Waals surface area contributed by atoms with Gasteiger partial charge in [-0.25, -0.2) is 9.07 Å². The number of halogens is 1. The van der Waals surface area contributed by atoms with Crippen LogP contribution in [0.15, 0.2) is 47.3 Å². The van der Waals surface area contributed by atoms with Crippen molar-refractivity contribution in [1.29, 1.82) is 0 Å². The summed E-state index contributed by atoms with van der Waals surface area (Å²) in [7, 11) is 0. The summed E-state index contributed by atoms with van der Waals surface area (Å²) in [6.07, 6.45) is 2.80. The van der Waals surface area contributed by atoms with Gasteiger partial charge in [0.15, 0.2) is 5.65 Å². The summed E-state index contributed by atoms with van der Waals surface area (Å²) in [6.45, 7) is 2.29. The molecule has 8 heteroatoms. The first kappa shape index (κ1) is 15.1. The van der Waals surface area contributed by atoms with Crippen molar-refractivity contribution in [3.05, 3.63) is 65.5 Å². The highest BCUT2D eigenvalue weighted by Crippen LogP contribution is 2.25. The normalized spacial score (nSPS) is 11.1. The van der Waals surface area contributed by atoms with E-state index in [1.165, 1.54) is 24.7 Å². The van der Waals surface area contributed by atoms with Crippen LogP contribution < -0.4 is 5.32 Å². The highest BCUT2D eigenvalue weighted by molar-refractivity contribution is 6.07. The number of fused-ring (bicyclic) bond motifs is 1. The van der Waals surface area contributed by atoms with E-state index in [0.717, 1.165) is 16.6 Å². The van der Waals surface area contributed by atoms with E-state index in [1.807, 2.05) is 6.92 Å². The lowest BCUT2D eigenvalue weighted by molar-refractivity contribution is 0.102. The van der Waals surface area contributed by atoms with Crippen LogP contribution in [0.2, 0.25) is 0 Å². The number of hydrogen-bond donors (Lipinski definition) is 2. The van der Waals surface area contributed by atoms with Crippen LogP contribution in [0.25, 0.3) is 11.0 Å². The van der Waals surface area contributed by atoms with Gasteiger partial charge in [-0.1, -0.05) is 12.1 Å². The second-order valence-corrected chi connectivity index (χ2v) is 5.63. The number of H-pyrrole nitrogens is 1. The first-order chi connectivity index (χ1) is 12.1. The predicted molar refractivity (Wildman–Crippen MR) is 88.8 cm³/mol. The molecule has 0 saturated carbocycles. The van der Waals surface area contributed by atoms with Gasteiger partial charge >= 0.3 is 0 Å². The van der Waals surface area contributed by atoms with Crippen molar-refractivity contribution >= 4 is 22.8 Å². The molecule has 7 nitrogen and oxygen atoms in total. The van der Waals surface area contributed by atoms with E-state index in [1.54, 1.807) is 22.9 Å². The number of amides is 1. The van der Waals surface area contributed by atoms with Crippen LogP contribution in [-0.2, 0) is 6.54 Å². The Morgan fingerprint density at radius 3 is 2.84 bits per heavy atom. The van der Waals surface area contributed by atoms with Crippen LogP contribution in [0.3, 0.4) is 0 Å². The number of aromatic nitrogens is 4. The molecular weight excluding hydrogens is 325 g/mol. The first-order valence-corrected chi connectivity index (χ1v) is 7.61. The Bertz CT molecular complexity index is 1030. The van der Waals surface area contributed by atoms with Crippen LogP contribution in [0.5, 0.6) is 0 Å². The zero-order valence-electron chi connectivity index (χ0n) is 13.3. The maximum absolute atomic E-state index is 13.0. The molecule has 0 aliphatic rings. The Morgan fingerprint density at radius 2 is 2.12 bits per heavy atom. The fraction of sp³-hybridized carbons (Fsp3) is 0.118. The molecule has 0 atom stereocenters. The van der Waals surface area contributed by atoms with Gasteiger partial charge in [-0.05, 0) is 30.7 Å². The average Bonchev–Trinajstić information content (AvgIpc) is 3.30. The lowest BCUT2D eigenvalue weighted by atomic mass is 10.2. The zero-order chi connectivity index (χ0) is 17.4. The maximum atomic E-state index is 13.0. The number of aryl methyl sites for hydroxylation is 1. The zero-order valence-corrected chi connectivity index (χ0v) is 13.3. The van der Waals surface area contributed by atoms with Gasteiger partial charge in [-0.3, -0.25) is 9.89 Å². The van der Waals surface area contributed by atoms with Gasteiger partial charge < -0.3 is 9.73 Å². The van der Waals surface area contributed by atoms with Crippen LogP contribution in [0, 0.1) is 12.7 Å². The Hall–Kier alpha value is -3.42. The molecule has 0 unspecified atom stereocenters. The fourth-order valence-corrected chi connectivity index (χ4v) is 2.68. The molecule has 3 aromatic heterocycles. The number of aromatic amines is 1. The molecule has 4 aromatic rings. The van der Waals surface area contributed by atoms with Crippen LogP contribution in [-0.4, -0.2) is 25.9 Å². The molecule has 25 heavy (non-hydrogen) atoms. The van der Waals surface area contributed by atoms with E-state index in [0.29, 0.717) is 23.6 Å². The van der Waals surface area contributed by atoms with Crippen LogP contribution in [0.4, 0.5) is 10.2 Å². The van der Waals surface area contributed by atoms with Gasteiger partial charge in [0, 0.05) is 0 Å². The van der Waals surface area contributed by atoms with Gasteiger partial charge in [-0.2, -0.15) is 10.2 Å². The number of anilines is 1. The summed E-state index contributed by atoms with van der Waals surface area (Å²) >= 11 is 0. The van der Waals surface area contributed by atoms with Crippen LogP contribution in [0.1, 0.15) is 21.6 Å². The number of benzene rings is 1. The molecular formula is C17H14FN5O2. The Kier molecular flexibility index (Phi) is 3.57. The largest absolute Gasteiger partial charge is 0.472 e. The quantitative estimate of drug-likeness (QED) is 0.598. The monoisotopic (exact) mass is 339 g/mol. The fourth-order valence-electron chi connectivity index (χ4n) is 2.68. The van der Waals surface area contributed by atoms with Gasteiger partial charge in [0.2, 0.25) is 0 Å². The van der Waals surface area contributed by atoms with Gasteiger partial charge in [0.1, 0.15) is 17.9 Å². The smallest absolute Gasteiger partial charge is 0.260 e. The standard InChI is InChI=1S/C17H14FN5O2/c1-10-14-15(19-17(24)12-6-7-25-9-12)20-21-16(14)23(22-10)8-11-2-4-13(18)5-3-11/h2-7,9H,8H2,1H3,(H2,19,20,21,24). The van der Waals surface area contributed by atoms with E-state index in [-0.39, 0.29) is 11.7 Å². The summed E-state index contributed by atoms with van der Waals surface area (Å²) in [5.74, 6) is -0.108. The molecule has 0 bridgehead atoms. The number of hydrogen-bond acceptors (Lipinski definition) is 4. The molecule has 126 valence electrons. The molecule has 0 fully saturated rings. The lowest BCUT2D eigenvalue weighted by Crippen LogP contribution is -2.11. The van der Waals surface area contributed by atoms with Crippen molar-refractivity contribution < 1.29 is 13.6 Å². The van der Waals surface area contributed by atoms with Crippen molar-refractivity contribution in [1.82, 2.24) is 20.0 Å². The third kappa shape index (κ3) is 2.78. The van der Waals surface area contributed by atoms with Crippen molar-refractivity contribution in [3.63, 3.8) is 0 Å². The van der Waals surface area contributed by atoms with E-state index in [9.17, 15) is 9.18 Å². The topological polar surface area (TPSA) is 88.7 Å². The third-order valence-electron chi connectivity index (χ3n) is 3.89. The molecule has 4 rings (SSSR count). The van der Waals surface area contributed by atoms with Crippen molar-refractivity contribution in [2.45, 2.75) is 13.5 Å². The Morgan fingerprint density at radius 1 is 1.32 bits per heavy atom. The molecule has 0 aliphatic heterocycles. The molecule has 0 spiro atoms. The predicted octanol–water partition coefficient (Wildman–Crippen LogP) is 3.10. The van der Waals surface area contributed by atoms with Crippen molar-refractivity contribution in [2.24, 2.45) is 0 Å². The summed E-state index contributed by atoms with van der Waals surface area (Å²) in [6, 6.07) is 7.79. The number of carbonyl (C=O) groups is 1. The van der Waals surface area contributed by atoms with Gasteiger partial charge in [0.05, 0.1) is 29.5 Å². The average molecular weight is 339 g/mol. The first-order valence-electron chi connectivity index (χ1n) is 7.61. The van der Waals surface area contributed by atoms with Crippen molar-refractivity contribution in [2.75, 3.05) is 5.32 Å². The molecule has 0 aliphatic carbocycles. The molecule has 2 N–H and O–H groups in total. The number of carbonyl (C=O) groups excluding carboxylic acids is 1. The van der Waals surface area contributed by atoms with E-state index < -0.39 is 0 Å². The minimum absolute atomic E-state index is 0.283. The lowest BCUT2D eigenvalue weighted by Gasteiger charge is -2.01. The maximum Gasteiger partial charge on any atom is 0.260 e. The molecule has 0 saturated heterocycles. The summed E-state index contributed by atoms with van der Waals surface area (Å²) in [5, 5.41) is 15.1. The molecule has 3 heterocycles. The minimum Gasteiger partial charge on any atom is -0.472 e. The number of rotatable bonds is 4. The molecule has 1 aromatic carbocycles. The number of nitrogens with one attached hydrogen (secondary N) is 2. The van der Waals surface area contributed by atoms with Crippen LogP contribution >= 0.6 is 0 Å².